The molecule has 4 nitrogen and oxygen atoms in total. The van der Waals surface area contributed by atoms with E-state index >= 15 is 0 Å². The lowest BCUT2D eigenvalue weighted by molar-refractivity contribution is -0.142. The summed E-state index contributed by atoms with van der Waals surface area (Å²) < 4.78 is 39.9. The second-order valence-electron chi connectivity index (χ2n) is 5.20. The molecule has 0 atom stereocenters. The highest BCUT2D eigenvalue weighted by Gasteiger charge is 2.38. The number of halogens is 4. The van der Waals surface area contributed by atoms with Gasteiger partial charge in [-0.05, 0) is 23.8 Å². The number of carbonyl (C=O) groups excluding carboxylic acids is 1. The standard InChI is InChI=1S/C17H11ClF3N3OS2/c18-11-6-2-1-5-10(11)9-26-15-13(17(19,20)21)23-16(27-15)24-14(25)12-7-3-4-8-22-12/h1-8H,9H2,(H,23,24,25). The lowest BCUT2D eigenvalue weighted by Crippen LogP contribution is -2.14. The van der Waals surface area contributed by atoms with Gasteiger partial charge in [-0.1, -0.05) is 47.2 Å². The molecule has 2 aromatic heterocycles. The molecule has 1 amide bonds. The maximum atomic E-state index is 13.3. The summed E-state index contributed by atoms with van der Waals surface area (Å²) in [5, 5.41) is 2.71. The number of thiazole rings is 1. The second-order valence-corrected chi connectivity index (χ2v) is 7.85. The van der Waals surface area contributed by atoms with Gasteiger partial charge in [0.25, 0.3) is 5.91 Å². The zero-order valence-corrected chi connectivity index (χ0v) is 15.8. The van der Waals surface area contributed by atoms with E-state index in [0.29, 0.717) is 10.6 Å². The number of benzene rings is 1. The number of thioether (sulfide) groups is 1. The number of pyridine rings is 1. The fourth-order valence-electron chi connectivity index (χ4n) is 2.05. The predicted octanol–water partition coefficient (Wildman–Crippen LogP) is 5.75. The Kier molecular flexibility index (Phi) is 6.03. The van der Waals surface area contributed by atoms with Crippen LogP contribution in [0.4, 0.5) is 18.3 Å². The van der Waals surface area contributed by atoms with Gasteiger partial charge in [0.1, 0.15) is 5.69 Å². The van der Waals surface area contributed by atoms with Gasteiger partial charge in [-0.3, -0.25) is 15.1 Å². The first-order valence-corrected chi connectivity index (χ1v) is 9.69. The summed E-state index contributed by atoms with van der Waals surface area (Å²) in [5.74, 6) is -0.376. The fourth-order valence-corrected chi connectivity index (χ4v) is 4.54. The quantitative estimate of drug-likeness (QED) is 0.524. The van der Waals surface area contributed by atoms with E-state index in [1.165, 1.54) is 12.3 Å². The van der Waals surface area contributed by atoms with Gasteiger partial charge in [-0.2, -0.15) is 13.2 Å². The lowest BCUT2D eigenvalue weighted by atomic mass is 10.2. The molecule has 0 saturated carbocycles. The first-order chi connectivity index (χ1) is 12.8. The van der Waals surface area contributed by atoms with Crippen molar-refractivity contribution in [3.63, 3.8) is 0 Å². The smallest absolute Gasteiger partial charge is 0.296 e. The van der Waals surface area contributed by atoms with Crippen molar-refractivity contribution in [2.24, 2.45) is 0 Å². The monoisotopic (exact) mass is 429 g/mol. The summed E-state index contributed by atoms with van der Waals surface area (Å²) in [6, 6.07) is 11.6. The Balaban J connectivity index is 1.81. The molecule has 1 N–H and O–H groups in total. The third-order valence-corrected chi connectivity index (χ3v) is 5.95. The summed E-state index contributed by atoms with van der Waals surface area (Å²) in [6.07, 6.45) is -3.21. The molecule has 1 aromatic carbocycles. The zero-order valence-electron chi connectivity index (χ0n) is 13.5. The Labute approximate surface area is 165 Å². The van der Waals surface area contributed by atoms with Crippen LogP contribution in [-0.2, 0) is 11.9 Å². The van der Waals surface area contributed by atoms with Gasteiger partial charge in [0.15, 0.2) is 10.8 Å². The number of aromatic nitrogens is 2. The molecule has 140 valence electrons. The molecule has 0 spiro atoms. The molecule has 0 aliphatic heterocycles. The van der Waals surface area contributed by atoms with Crippen LogP contribution in [-0.4, -0.2) is 15.9 Å². The molecule has 0 fully saturated rings. The average Bonchev–Trinajstić information content (AvgIpc) is 3.05. The number of nitrogens with one attached hydrogen (secondary N) is 1. The highest BCUT2D eigenvalue weighted by molar-refractivity contribution is 8.00. The number of amides is 1. The van der Waals surface area contributed by atoms with Crippen LogP contribution in [0.15, 0.2) is 52.9 Å². The van der Waals surface area contributed by atoms with Crippen LogP contribution in [0.5, 0.6) is 0 Å². The van der Waals surface area contributed by atoms with Crippen LogP contribution in [0.2, 0.25) is 5.02 Å². The Morgan fingerprint density at radius 2 is 1.93 bits per heavy atom. The topological polar surface area (TPSA) is 54.9 Å². The molecular formula is C17H11ClF3N3OS2. The first kappa shape index (κ1) is 19.7. The molecule has 0 radical (unpaired) electrons. The molecule has 3 rings (SSSR count). The van der Waals surface area contributed by atoms with Crippen LogP contribution in [0.25, 0.3) is 0 Å². The molecule has 10 heteroatoms. The number of anilines is 1. The SMILES string of the molecule is O=C(Nc1nc(C(F)(F)F)c(SCc2ccccc2Cl)s1)c1ccccn1. The largest absolute Gasteiger partial charge is 0.435 e. The van der Waals surface area contributed by atoms with Gasteiger partial charge in [0.2, 0.25) is 0 Å². The Morgan fingerprint density at radius 3 is 2.59 bits per heavy atom. The van der Waals surface area contributed by atoms with Crippen LogP contribution < -0.4 is 5.32 Å². The minimum Gasteiger partial charge on any atom is -0.296 e. The molecule has 0 bridgehead atoms. The number of hydrogen-bond donors (Lipinski definition) is 1. The number of nitrogens with zero attached hydrogens (tertiary/aromatic N) is 2. The van der Waals surface area contributed by atoms with E-state index < -0.39 is 17.8 Å². The summed E-state index contributed by atoms with van der Waals surface area (Å²) in [6.45, 7) is 0. The average molecular weight is 430 g/mol. The summed E-state index contributed by atoms with van der Waals surface area (Å²) in [4.78, 5) is 19.5. The van der Waals surface area contributed by atoms with Gasteiger partial charge < -0.3 is 0 Å². The van der Waals surface area contributed by atoms with Crippen molar-refractivity contribution in [3.05, 3.63) is 70.6 Å². The van der Waals surface area contributed by atoms with Gasteiger partial charge in [-0.25, -0.2) is 4.98 Å². The van der Waals surface area contributed by atoms with Crippen LogP contribution in [0.1, 0.15) is 21.7 Å². The minimum atomic E-state index is -4.63. The van der Waals surface area contributed by atoms with E-state index in [4.69, 9.17) is 11.6 Å². The predicted molar refractivity (Wildman–Crippen MR) is 100 cm³/mol. The molecule has 2 heterocycles. The Bertz CT molecular complexity index is 948. The molecule has 0 aliphatic carbocycles. The van der Waals surface area contributed by atoms with Crippen molar-refractivity contribution in [1.82, 2.24) is 9.97 Å². The molecule has 3 aromatic rings. The van der Waals surface area contributed by atoms with Crippen LogP contribution in [0.3, 0.4) is 0 Å². The van der Waals surface area contributed by atoms with Crippen molar-refractivity contribution in [2.45, 2.75) is 16.1 Å². The van der Waals surface area contributed by atoms with Crippen LogP contribution >= 0.6 is 34.7 Å². The highest BCUT2D eigenvalue weighted by Crippen LogP contribution is 2.43. The number of rotatable bonds is 5. The van der Waals surface area contributed by atoms with Gasteiger partial charge in [0.05, 0.1) is 4.21 Å². The fraction of sp³-hybridized carbons (Fsp3) is 0.118. The molecular weight excluding hydrogens is 419 g/mol. The summed E-state index contributed by atoms with van der Waals surface area (Å²) >= 11 is 7.78. The molecule has 0 saturated heterocycles. The van der Waals surface area contributed by atoms with Crippen molar-refractivity contribution < 1.29 is 18.0 Å². The first-order valence-electron chi connectivity index (χ1n) is 7.51. The number of hydrogen-bond acceptors (Lipinski definition) is 5. The van der Waals surface area contributed by atoms with E-state index in [2.05, 4.69) is 15.3 Å². The Hall–Kier alpha value is -2.10. The van der Waals surface area contributed by atoms with Gasteiger partial charge in [0, 0.05) is 17.0 Å². The summed E-state index contributed by atoms with van der Waals surface area (Å²) in [7, 11) is 0. The number of carbonyl (C=O) groups is 1. The maximum absolute atomic E-state index is 13.3. The zero-order chi connectivity index (χ0) is 19.4. The van der Waals surface area contributed by atoms with Crippen LogP contribution in [0, 0.1) is 0 Å². The minimum absolute atomic E-state index is 0.0428. The van der Waals surface area contributed by atoms with Gasteiger partial charge in [-0.15, -0.1) is 11.8 Å². The van der Waals surface area contributed by atoms with E-state index in [9.17, 15) is 18.0 Å². The number of alkyl halides is 3. The summed E-state index contributed by atoms with van der Waals surface area (Å²) in [5.41, 5.74) is -0.225. The van der Waals surface area contributed by atoms with Crippen molar-refractivity contribution >= 4 is 45.7 Å². The lowest BCUT2D eigenvalue weighted by Gasteiger charge is -2.06. The van der Waals surface area contributed by atoms with Crippen molar-refractivity contribution in [2.75, 3.05) is 5.32 Å². The van der Waals surface area contributed by atoms with Crippen molar-refractivity contribution in [3.8, 4) is 0 Å². The van der Waals surface area contributed by atoms with Crippen molar-refractivity contribution in [1.29, 1.82) is 0 Å². The third-order valence-electron chi connectivity index (χ3n) is 3.30. The molecule has 0 aliphatic rings. The highest BCUT2D eigenvalue weighted by atomic mass is 35.5. The van der Waals surface area contributed by atoms with E-state index in [0.717, 1.165) is 23.1 Å². The third kappa shape index (κ3) is 5.00. The van der Waals surface area contributed by atoms with E-state index in [1.807, 2.05) is 0 Å². The maximum Gasteiger partial charge on any atom is 0.435 e. The van der Waals surface area contributed by atoms with Gasteiger partial charge >= 0.3 is 6.18 Å². The second kappa shape index (κ2) is 8.28. The van der Waals surface area contributed by atoms with E-state index in [-0.39, 0.29) is 20.8 Å². The molecule has 27 heavy (non-hydrogen) atoms. The van der Waals surface area contributed by atoms with E-state index in [1.54, 1.807) is 36.4 Å². The normalized spacial score (nSPS) is 11.4. The molecule has 0 unspecified atom stereocenters. The Morgan fingerprint density at radius 1 is 1.19 bits per heavy atom.